The number of ether oxygens (including phenoxy) is 1. The maximum absolute atomic E-state index is 13.2. The van der Waals surface area contributed by atoms with E-state index in [-0.39, 0.29) is 17.8 Å². The third-order valence-electron chi connectivity index (χ3n) is 5.72. The van der Waals surface area contributed by atoms with Crippen LogP contribution in [0.25, 0.3) is 10.9 Å². The summed E-state index contributed by atoms with van der Waals surface area (Å²) in [6.07, 6.45) is -4.14. The number of fused-ring (bicyclic) bond motifs is 1. The van der Waals surface area contributed by atoms with Gasteiger partial charge in [0.1, 0.15) is 17.0 Å². The van der Waals surface area contributed by atoms with Gasteiger partial charge < -0.3 is 9.64 Å². The molecule has 7 nitrogen and oxygen atoms in total. The first-order valence-electron chi connectivity index (χ1n) is 10.2. The zero-order valence-corrected chi connectivity index (χ0v) is 18.6. The summed E-state index contributed by atoms with van der Waals surface area (Å²) in [7, 11) is -2.55. The molecule has 2 heterocycles. The maximum Gasteiger partial charge on any atom is 0.433 e. The number of hydrogen-bond acceptors (Lipinski definition) is 5. The predicted octanol–water partition coefficient (Wildman–Crippen LogP) is 3.20. The summed E-state index contributed by atoms with van der Waals surface area (Å²) in [4.78, 5) is 5.76. The number of benzene rings is 2. The molecule has 1 fully saturated rings. The molecular formula is C22H23F3N4O3S. The van der Waals surface area contributed by atoms with Gasteiger partial charge in [-0.2, -0.15) is 25.9 Å². The Morgan fingerprint density at radius 2 is 1.82 bits per heavy atom. The van der Waals surface area contributed by atoms with Crippen LogP contribution >= 0.6 is 0 Å². The predicted molar refractivity (Wildman–Crippen MR) is 119 cm³/mol. The highest BCUT2D eigenvalue weighted by atomic mass is 32.2. The second kappa shape index (κ2) is 8.81. The number of alkyl halides is 3. The van der Waals surface area contributed by atoms with Gasteiger partial charge in [0.05, 0.1) is 7.11 Å². The minimum atomic E-state index is -4.59. The smallest absolute Gasteiger partial charge is 0.433 e. The van der Waals surface area contributed by atoms with E-state index in [1.54, 1.807) is 12.1 Å². The van der Waals surface area contributed by atoms with Crippen LogP contribution in [0.1, 0.15) is 11.3 Å². The molecule has 4 rings (SSSR count). The second-order valence-electron chi connectivity index (χ2n) is 7.82. The minimum absolute atomic E-state index is 0.0957. The van der Waals surface area contributed by atoms with Crippen LogP contribution in [0, 0.1) is 0 Å². The number of aromatic nitrogens is 1. The molecule has 0 radical (unpaired) electrons. The molecule has 1 aliphatic rings. The van der Waals surface area contributed by atoms with Gasteiger partial charge in [-0.25, -0.2) is 10.1 Å². The fourth-order valence-electron chi connectivity index (χ4n) is 4.22. The van der Waals surface area contributed by atoms with Crippen LogP contribution < -0.4 is 14.8 Å². The van der Waals surface area contributed by atoms with Crippen LogP contribution in [0.2, 0.25) is 0 Å². The van der Waals surface area contributed by atoms with Crippen molar-refractivity contribution in [2.75, 3.05) is 31.6 Å². The standard InChI is InChI=1S/C22H23F3N4O3S/c1-32-19-9-8-18(17-7-10-20(22(23,24)25)27-21(17)19)28-11-12-29(33(26,30)31)16(14-28)13-15-5-3-2-4-6-15/h2-10,16H,11-14H2,1H3,(H2,26,30,31)/t16-/m0/s1. The SMILES string of the molecule is COc1ccc(N2CCN(S(N)(=O)=O)[C@@H](Cc3ccccc3)C2)c2ccc(C(F)(F)F)nc12. The molecule has 0 unspecified atom stereocenters. The van der Waals surface area contributed by atoms with E-state index < -0.39 is 28.1 Å². The lowest BCUT2D eigenvalue weighted by molar-refractivity contribution is -0.140. The van der Waals surface area contributed by atoms with E-state index in [0.29, 0.717) is 30.6 Å². The lowest BCUT2D eigenvalue weighted by atomic mass is 10.0. The van der Waals surface area contributed by atoms with Crippen molar-refractivity contribution < 1.29 is 26.3 Å². The first-order chi connectivity index (χ1) is 15.6. The summed E-state index contributed by atoms with van der Waals surface area (Å²) in [5.74, 6) is 0.226. The van der Waals surface area contributed by atoms with E-state index >= 15 is 0 Å². The van der Waals surface area contributed by atoms with Crippen molar-refractivity contribution in [3.63, 3.8) is 0 Å². The van der Waals surface area contributed by atoms with E-state index in [4.69, 9.17) is 9.88 Å². The highest BCUT2D eigenvalue weighted by Crippen LogP contribution is 2.37. The quantitative estimate of drug-likeness (QED) is 0.606. The van der Waals surface area contributed by atoms with Gasteiger partial charge in [-0.05, 0) is 36.2 Å². The zero-order chi connectivity index (χ0) is 23.8. The monoisotopic (exact) mass is 480 g/mol. The molecule has 3 aromatic rings. The summed E-state index contributed by atoms with van der Waals surface area (Å²) < 4.78 is 70.6. The van der Waals surface area contributed by atoms with Gasteiger partial charge in [0, 0.05) is 36.7 Å². The molecule has 11 heteroatoms. The van der Waals surface area contributed by atoms with Gasteiger partial charge in [-0.3, -0.25) is 0 Å². The van der Waals surface area contributed by atoms with Crippen molar-refractivity contribution >= 4 is 26.8 Å². The minimum Gasteiger partial charge on any atom is -0.494 e. The van der Waals surface area contributed by atoms with E-state index in [0.717, 1.165) is 11.6 Å². The van der Waals surface area contributed by atoms with Crippen LogP contribution in [0.5, 0.6) is 5.75 Å². The summed E-state index contributed by atoms with van der Waals surface area (Å²) in [6, 6.07) is 14.6. The molecular weight excluding hydrogens is 457 g/mol. The Kier molecular flexibility index (Phi) is 6.21. The molecule has 1 saturated heterocycles. The van der Waals surface area contributed by atoms with Gasteiger partial charge in [0.25, 0.3) is 10.2 Å². The lowest BCUT2D eigenvalue weighted by Gasteiger charge is -2.41. The Labute approximate surface area is 189 Å². The molecule has 0 saturated carbocycles. The van der Waals surface area contributed by atoms with Gasteiger partial charge in [0.2, 0.25) is 0 Å². The van der Waals surface area contributed by atoms with E-state index in [1.807, 2.05) is 35.2 Å². The summed E-state index contributed by atoms with van der Waals surface area (Å²) in [5.41, 5.74) is 0.693. The van der Waals surface area contributed by atoms with Gasteiger partial charge in [-0.1, -0.05) is 30.3 Å². The maximum atomic E-state index is 13.2. The summed E-state index contributed by atoms with van der Waals surface area (Å²) in [6.45, 7) is 0.788. The van der Waals surface area contributed by atoms with Crippen LogP contribution in [0.15, 0.2) is 54.6 Å². The molecule has 33 heavy (non-hydrogen) atoms. The number of nitrogens with two attached hydrogens (primary N) is 1. The Hall–Kier alpha value is -2.89. The topological polar surface area (TPSA) is 88.8 Å². The molecule has 1 aliphatic heterocycles. The third kappa shape index (κ3) is 4.90. The number of hydrogen-bond donors (Lipinski definition) is 1. The molecule has 0 amide bonds. The van der Waals surface area contributed by atoms with E-state index in [2.05, 4.69) is 4.98 Å². The molecule has 2 N–H and O–H groups in total. The number of methoxy groups -OCH3 is 1. The zero-order valence-electron chi connectivity index (χ0n) is 17.8. The Morgan fingerprint density at radius 3 is 2.45 bits per heavy atom. The first kappa shape index (κ1) is 23.3. The van der Waals surface area contributed by atoms with Gasteiger partial charge >= 0.3 is 6.18 Å². The van der Waals surface area contributed by atoms with Crippen LogP contribution in [-0.2, 0) is 22.8 Å². The van der Waals surface area contributed by atoms with Crippen molar-refractivity contribution in [3.8, 4) is 5.75 Å². The molecule has 0 bridgehead atoms. The Morgan fingerprint density at radius 1 is 1.09 bits per heavy atom. The van der Waals surface area contributed by atoms with Crippen LogP contribution in [0.3, 0.4) is 0 Å². The highest BCUT2D eigenvalue weighted by molar-refractivity contribution is 7.86. The molecule has 2 aromatic carbocycles. The number of rotatable bonds is 5. The van der Waals surface area contributed by atoms with Crippen molar-refractivity contribution in [3.05, 3.63) is 65.9 Å². The Bertz CT molecular complexity index is 1250. The highest BCUT2D eigenvalue weighted by Gasteiger charge is 2.35. The van der Waals surface area contributed by atoms with Crippen molar-refractivity contribution in [2.24, 2.45) is 5.14 Å². The van der Waals surface area contributed by atoms with Crippen LogP contribution in [-0.4, -0.2) is 50.5 Å². The lowest BCUT2D eigenvalue weighted by Crippen LogP contribution is -2.57. The number of pyridine rings is 1. The number of piperazine rings is 1. The summed E-state index contributed by atoms with van der Waals surface area (Å²) >= 11 is 0. The molecule has 0 spiro atoms. The fraction of sp³-hybridized carbons (Fsp3) is 0.318. The number of halogens is 3. The van der Waals surface area contributed by atoms with Crippen LogP contribution in [0.4, 0.5) is 18.9 Å². The molecule has 0 aliphatic carbocycles. The molecule has 1 aromatic heterocycles. The van der Waals surface area contributed by atoms with Gasteiger partial charge in [-0.15, -0.1) is 0 Å². The van der Waals surface area contributed by atoms with Crippen molar-refractivity contribution in [2.45, 2.75) is 18.6 Å². The number of nitrogens with zero attached hydrogens (tertiary/aromatic N) is 3. The fourth-order valence-corrected chi connectivity index (χ4v) is 5.11. The average Bonchev–Trinajstić information content (AvgIpc) is 2.77. The van der Waals surface area contributed by atoms with E-state index in [1.165, 1.54) is 17.5 Å². The van der Waals surface area contributed by atoms with Gasteiger partial charge in [0.15, 0.2) is 0 Å². The van der Waals surface area contributed by atoms with E-state index in [9.17, 15) is 21.6 Å². The molecule has 1 atom stereocenters. The number of anilines is 1. The Balaban J connectivity index is 1.73. The largest absolute Gasteiger partial charge is 0.494 e. The normalized spacial score (nSPS) is 18.0. The summed E-state index contributed by atoms with van der Waals surface area (Å²) in [5, 5.41) is 5.96. The third-order valence-corrected chi connectivity index (χ3v) is 6.85. The van der Waals surface area contributed by atoms with Crippen molar-refractivity contribution in [1.29, 1.82) is 0 Å². The van der Waals surface area contributed by atoms with Crippen molar-refractivity contribution in [1.82, 2.24) is 9.29 Å². The second-order valence-corrected chi connectivity index (χ2v) is 9.32. The average molecular weight is 481 g/mol. The molecule has 176 valence electrons. The first-order valence-corrected chi connectivity index (χ1v) is 11.7.